The summed E-state index contributed by atoms with van der Waals surface area (Å²) in [6, 6.07) is 13.2. The fourth-order valence-electron chi connectivity index (χ4n) is 3.66. The standard InChI is InChI=1S/C20H22N3/c1-13-10-11-17-16-8-6-7-9-18(16)23(19(17)15(13)3)20-21(4)12-14(2)22(20)5/h6-12H,1-5H3/q+1. The third-order valence-electron chi connectivity index (χ3n) is 5.09. The van der Waals surface area contributed by atoms with Gasteiger partial charge < -0.3 is 0 Å². The van der Waals surface area contributed by atoms with E-state index >= 15 is 0 Å². The van der Waals surface area contributed by atoms with Gasteiger partial charge in [0.25, 0.3) is 0 Å². The van der Waals surface area contributed by atoms with E-state index in [1.807, 2.05) is 0 Å². The number of rotatable bonds is 1. The van der Waals surface area contributed by atoms with Crippen LogP contribution in [0, 0.1) is 20.8 Å². The van der Waals surface area contributed by atoms with Crippen molar-refractivity contribution in [2.75, 3.05) is 0 Å². The maximum absolute atomic E-state index is 2.40. The number of para-hydroxylation sites is 1. The van der Waals surface area contributed by atoms with E-state index in [2.05, 4.69) is 91.2 Å². The zero-order valence-corrected chi connectivity index (χ0v) is 14.4. The summed E-state index contributed by atoms with van der Waals surface area (Å²) in [6.07, 6.45) is 2.18. The van der Waals surface area contributed by atoms with Crippen molar-refractivity contribution in [3.05, 3.63) is 59.4 Å². The average Bonchev–Trinajstić information content (AvgIpc) is 2.98. The topological polar surface area (TPSA) is 13.7 Å². The van der Waals surface area contributed by atoms with E-state index < -0.39 is 0 Å². The van der Waals surface area contributed by atoms with Crippen LogP contribution in [0.2, 0.25) is 0 Å². The van der Waals surface area contributed by atoms with Gasteiger partial charge >= 0.3 is 5.95 Å². The Bertz CT molecular complexity index is 1060. The molecule has 0 fully saturated rings. The van der Waals surface area contributed by atoms with Gasteiger partial charge in [0.05, 0.1) is 20.3 Å². The summed E-state index contributed by atoms with van der Waals surface area (Å²) in [5.74, 6) is 1.18. The third-order valence-corrected chi connectivity index (χ3v) is 5.09. The molecule has 0 radical (unpaired) electrons. The first-order valence-corrected chi connectivity index (χ1v) is 8.02. The molecular formula is C20H22N3+. The van der Waals surface area contributed by atoms with Crippen molar-refractivity contribution in [1.29, 1.82) is 0 Å². The highest BCUT2D eigenvalue weighted by molar-refractivity contribution is 6.10. The van der Waals surface area contributed by atoms with Crippen LogP contribution in [-0.4, -0.2) is 9.13 Å². The molecule has 0 spiro atoms. The molecule has 0 unspecified atom stereocenters. The van der Waals surface area contributed by atoms with Crippen molar-refractivity contribution in [2.45, 2.75) is 20.8 Å². The highest BCUT2D eigenvalue weighted by Gasteiger charge is 2.25. The van der Waals surface area contributed by atoms with E-state index in [0.717, 1.165) is 0 Å². The van der Waals surface area contributed by atoms with E-state index in [1.54, 1.807) is 0 Å². The lowest BCUT2D eigenvalue weighted by Gasteiger charge is -2.06. The quantitative estimate of drug-likeness (QED) is 0.474. The number of aromatic nitrogens is 3. The second kappa shape index (κ2) is 4.72. The molecular weight excluding hydrogens is 282 g/mol. The summed E-state index contributed by atoms with van der Waals surface area (Å²) in [7, 11) is 4.25. The molecule has 116 valence electrons. The zero-order valence-electron chi connectivity index (χ0n) is 14.4. The van der Waals surface area contributed by atoms with Gasteiger partial charge in [0, 0.05) is 10.8 Å². The summed E-state index contributed by atoms with van der Waals surface area (Å²) in [5.41, 5.74) is 6.49. The predicted molar refractivity (Wildman–Crippen MR) is 95.1 cm³/mol. The first kappa shape index (κ1) is 14.1. The second-order valence-corrected chi connectivity index (χ2v) is 6.50. The van der Waals surface area contributed by atoms with Crippen LogP contribution >= 0.6 is 0 Å². The first-order chi connectivity index (χ1) is 11.0. The van der Waals surface area contributed by atoms with Gasteiger partial charge in [0.2, 0.25) is 0 Å². The SMILES string of the molecule is Cc1ccc2c3ccccc3n(-c3n(C)c(C)c[n+]3C)c2c1C. The molecule has 0 N–H and O–H groups in total. The molecule has 0 saturated carbocycles. The Morgan fingerprint density at radius 2 is 1.65 bits per heavy atom. The molecule has 2 aromatic heterocycles. The number of aryl methyl sites for hydroxylation is 4. The van der Waals surface area contributed by atoms with Crippen LogP contribution in [0.25, 0.3) is 27.8 Å². The van der Waals surface area contributed by atoms with Gasteiger partial charge in [-0.3, -0.25) is 0 Å². The van der Waals surface area contributed by atoms with E-state index in [4.69, 9.17) is 0 Å². The Kier molecular flexibility index (Phi) is 2.89. The number of fused-ring (bicyclic) bond motifs is 3. The minimum Gasteiger partial charge on any atom is -0.237 e. The van der Waals surface area contributed by atoms with Gasteiger partial charge in [-0.15, -0.1) is 0 Å². The molecule has 0 amide bonds. The largest absolute Gasteiger partial charge is 0.369 e. The molecule has 0 saturated heterocycles. The van der Waals surface area contributed by atoms with Crippen LogP contribution < -0.4 is 4.57 Å². The number of imidazole rings is 1. The fourth-order valence-corrected chi connectivity index (χ4v) is 3.66. The third kappa shape index (κ3) is 1.79. The van der Waals surface area contributed by atoms with Crippen LogP contribution in [0.15, 0.2) is 42.6 Å². The lowest BCUT2D eigenvalue weighted by atomic mass is 10.1. The van der Waals surface area contributed by atoms with E-state index in [1.165, 1.54) is 44.6 Å². The minimum atomic E-state index is 1.18. The number of hydrogen-bond donors (Lipinski definition) is 0. The predicted octanol–water partition coefficient (Wildman–Crippen LogP) is 3.87. The Morgan fingerprint density at radius 3 is 2.35 bits per heavy atom. The lowest BCUT2D eigenvalue weighted by Crippen LogP contribution is -2.32. The number of nitrogens with zero attached hydrogens (tertiary/aromatic N) is 3. The van der Waals surface area contributed by atoms with Crippen LogP contribution in [-0.2, 0) is 14.1 Å². The van der Waals surface area contributed by atoms with E-state index in [0.29, 0.717) is 0 Å². The lowest BCUT2D eigenvalue weighted by molar-refractivity contribution is -0.664. The minimum absolute atomic E-state index is 1.18. The average molecular weight is 304 g/mol. The molecule has 0 bridgehead atoms. The molecule has 3 nitrogen and oxygen atoms in total. The molecule has 4 aromatic rings. The fraction of sp³-hybridized carbons (Fsp3) is 0.250. The molecule has 0 atom stereocenters. The first-order valence-electron chi connectivity index (χ1n) is 8.02. The van der Waals surface area contributed by atoms with Crippen molar-refractivity contribution in [3.63, 3.8) is 0 Å². The van der Waals surface area contributed by atoms with Gasteiger partial charge in [-0.25, -0.2) is 9.13 Å². The molecule has 23 heavy (non-hydrogen) atoms. The molecule has 0 aliphatic heterocycles. The Morgan fingerprint density at radius 1 is 0.913 bits per heavy atom. The molecule has 0 aliphatic rings. The molecule has 0 aliphatic carbocycles. The summed E-state index contributed by atoms with van der Waals surface area (Å²) < 4.78 is 6.87. The maximum Gasteiger partial charge on any atom is 0.369 e. The van der Waals surface area contributed by atoms with Gasteiger partial charge in [0.1, 0.15) is 16.7 Å². The van der Waals surface area contributed by atoms with Crippen LogP contribution in [0.4, 0.5) is 0 Å². The maximum atomic E-state index is 2.40. The Labute approximate surface area is 136 Å². The summed E-state index contributed by atoms with van der Waals surface area (Å²) >= 11 is 0. The number of benzene rings is 2. The van der Waals surface area contributed by atoms with Crippen molar-refractivity contribution in [3.8, 4) is 5.95 Å². The van der Waals surface area contributed by atoms with Gasteiger partial charge in [-0.1, -0.05) is 30.3 Å². The van der Waals surface area contributed by atoms with Gasteiger partial charge in [-0.2, -0.15) is 4.57 Å². The summed E-state index contributed by atoms with van der Waals surface area (Å²) in [5, 5.41) is 2.63. The van der Waals surface area contributed by atoms with Crippen molar-refractivity contribution >= 4 is 21.8 Å². The molecule has 3 heteroatoms. The molecule has 2 aromatic carbocycles. The molecule has 2 heterocycles. The summed E-state index contributed by atoms with van der Waals surface area (Å²) in [4.78, 5) is 0. The van der Waals surface area contributed by atoms with Crippen LogP contribution in [0.3, 0.4) is 0 Å². The van der Waals surface area contributed by atoms with Gasteiger partial charge in [-0.05, 0) is 38.0 Å². The highest BCUT2D eigenvalue weighted by Crippen LogP contribution is 2.34. The van der Waals surface area contributed by atoms with E-state index in [-0.39, 0.29) is 0 Å². The molecule has 4 rings (SSSR count). The Balaban J connectivity index is 2.31. The zero-order chi connectivity index (χ0) is 16.3. The van der Waals surface area contributed by atoms with Crippen LogP contribution in [0.1, 0.15) is 16.8 Å². The van der Waals surface area contributed by atoms with Crippen molar-refractivity contribution < 1.29 is 4.57 Å². The smallest absolute Gasteiger partial charge is 0.237 e. The Hall–Kier alpha value is -2.55. The van der Waals surface area contributed by atoms with Gasteiger partial charge in [0.15, 0.2) is 0 Å². The normalized spacial score (nSPS) is 11.7. The monoisotopic (exact) mass is 304 g/mol. The highest BCUT2D eigenvalue weighted by atomic mass is 15.3. The van der Waals surface area contributed by atoms with E-state index in [9.17, 15) is 0 Å². The summed E-state index contributed by atoms with van der Waals surface area (Å²) in [6.45, 7) is 6.56. The van der Waals surface area contributed by atoms with Crippen molar-refractivity contribution in [2.24, 2.45) is 14.1 Å². The second-order valence-electron chi connectivity index (χ2n) is 6.50. The van der Waals surface area contributed by atoms with Crippen molar-refractivity contribution in [1.82, 2.24) is 9.13 Å². The van der Waals surface area contributed by atoms with Crippen LogP contribution in [0.5, 0.6) is 0 Å². The number of hydrogen-bond acceptors (Lipinski definition) is 0.